The summed E-state index contributed by atoms with van der Waals surface area (Å²) in [5.74, 6) is 0. The molecule has 0 aromatic carbocycles. The highest BCUT2D eigenvalue weighted by atomic mass is 32.1. The van der Waals surface area contributed by atoms with Gasteiger partial charge in [0.05, 0.1) is 0 Å². The zero-order valence-electron chi connectivity index (χ0n) is 10.5. The molecular weight excluding hydrogens is 240 g/mol. The first-order chi connectivity index (χ1) is 8.83. The second-order valence-corrected chi connectivity index (χ2v) is 5.35. The third-order valence-electron chi connectivity index (χ3n) is 2.86. The van der Waals surface area contributed by atoms with Crippen LogP contribution in [0.15, 0.2) is 30.5 Å². The van der Waals surface area contributed by atoms with Crippen LogP contribution in [0.4, 0.5) is 0 Å². The highest BCUT2D eigenvalue weighted by Gasteiger charge is 2.03. The van der Waals surface area contributed by atoms with E-state index in [9.17, 15) is 0 Å². The summed E-state index contributed by atoms with van der Waals surface area (Å²) in [4.78, 5) is 6.34. The van der Waals surface area contributed by atoms with Gasteiger partial charge in [-0.15, -0.1) is 11.3 Å². The van der Waals surface area contributed by atoms with Crippen LogP contribution in [-0.2, 0) is 6.42 Å². The molecule has 92 valence electrons. The predicted molar refractivity (Wildman–Crippen MR) is 75.5 cm³/mol. The van der Waals surface area contributed by atoms with Crippen LogP contribution in [0.25, 0.3) is 10.4 Å². The molecule has 3 heteroatoms. The van der Waals surface area contributed by atoms with Crippen molar-refractivity contribution in [3.63, 3.8) is 0 Å². The fourth-order valence-electron chi connectivity index (χ4n) is 1.83. The maximum atomic E-state index is 8.81. The quantitative estimate of drug-likeness (QED) is 0.743. The van der Waals surface area contributed by atoms with E-state index in [-0.39, 0.29) is 0 Å². The van der Waals surface area contributed by atoms with E-state index in [4.69, 9.17) is 5.26 Å². The minimum absolute atomic E-state index is 0.747. The Morgan fingerprint density at radius 2 is 2.11 bits per heavy atom. The molecule has 0 N–H and O–H groups in total. The lowest BCUT2D eigenvalue weighted by Gasteiger charge is -2.01. The minimum atomic E-state index is 0.747. The lowest BCUT2D eigenvalue weighted by Crippen LogP contribution is -1.89. The molecule has 18 heavy (non-hydrogen) atoms. The van der Waals surface area contributed by atoms with Crippen molar-refractivity contribution in [1.82, 2.24) is 4.98 Å². The summed E-state index contributed by atoms with van der Waals surface area (Å²) in [6.45, 7) is 2.21. The zero-order valence-corrected chi connectivity index (χ0v) is 11.3. The third-order valence-corrected chi connectivity index (χ3v) is 3.90. The van der Waals surface area contributed by atoms with Crippen LogP contribution in [0.1, 0.15) is 36.8 Å². The Morgan fingerprint density at radius 3 is 2.72 bits per heavy atom. The number of unbranched alkanes of at least 4 members (excludes halogenated alkanes) is 2. The predicted octanol–water partition coefficient (Wildman–Crippen LogP) is 4.41. The average molecular weight is 256 g/mol. The summed E-state index contributed by atoms with van der Waals surface area (Å²) in [5.41, 5.74) is 2.25. The van der Waals surface area contributed by atoms with E-state index < -0.39 is 0 Å². The summed E-state index contributed by atoms with van der Waals surface area (Å²) in [7, 11) is 0. The molecule has 0 saturated heterocycles. The molecule has 2 nitrogen and oxygen atoms in total. The average Bonchev–Trinajstić information content (AvgIpc) is 2.89. The van der Waals surface area contributed by atoms with Gasteiger partial charge in [-0.2, -0.15) is 5.26 Å². The molecule has 0 fully saturated rings. The molecule has 0 radical (unpaired) electrons. The molecule has 0 unspecified atom stereocenters. The molecule has 0 aliphatic carbocycles. The second-order valence-electron chi connectivity index (χ2n) is 4.27. The normalized spacial score (nSPS) is 10.2. The summed E-state index contributed by atoms with van der Waals surface area (Å²) < 4.78 is 0. The van der Waals surface area contributed by atoms with Gasteiger partial charge in [-0.25, -0.2) is 0 Å². The van der Waals surface area contributed by atoms with Crippen molar-refractivity contribution < 1.29 is 0 Å². The maximum absolute atomic E-state index is 8.81. The molecule has 2 aromatic rings. The summed E-state index contributed by atoms with van der Waals surface area (Å²) in [6.07, 6.45) is 6.68. The molecule has 2 heterocycles. The van der Waals surface area contributed by atoms with Gasteiger partial charge in [0, 0.05) is 22.3 Å². The van der Waals surface area contributed by atoms with Gasteiger partial charge in [0.1, 0.15) is 10.9 Å². The van der Waals surface area contributed by atoms with E-state index in [0.717, 1.165) is 27.4 Å². The van der Waals surface area contributed by atoms with Crippen molar-refractivity contribution in [1.29, 1.82) is 5.26 Å². The highest BCUT2D eigenvalue weighted by Crippen LogP contribution is 2.27. The lowest BCUT2D eigenvalue weighted by molar-refractivity contribution is 0.707. The van der Waals surface area contributed by atoms with Gasteiger partial charge in [-0.05, 0) is 31.0 Å². The number of pyridine rings is 1. The fraction of sp³-hybridized carbons (Fsp3) is 0.333. The minimum Gasteiger partial charge on any atom is -0.261 e. The van der Waals surface area contributed by atoms with Crippen molar-refractivity contribution in [2.75, 3.05) is 0 Å². The number of rotatable bonds is 5. The first kappa shape index (κ1) is 12.8. The molecule has 0 atom stereocenters. The van der Waals surface area contributed by atoms with Gasteiger partial charge in [-0.1, -0.05) is 25.8 Å². The second kappa shape index (κ2) is 6.32. The Bertz CT molecular complexity index is 534. The molecular formula is C15H16N2S. The van der Waals surface area contributed by atoms with Gasteiger partial charge < -0.3 is 0 Å². The monoisotopic (exact) mass is 256 g/mol. The van der Waals surface area contributed by atoms with E-state index in [0.29, 0.717) is 0 Å². The standard InChI is InChI=1S/C15H16N2S/c1-2-3-4-5-13-7-6-12(11-17-13)15-9-8-14(10-16)18-15/h6-9,11H,2-5H2,1H3. The lowest BCUT2D eigenvalue weighted by atomic mass is 10.1. The van der Waals surface area contributed by atoms with Crippen molar-refractivity contribution in [3.8, 4) is 16.5 Å². The van der Waals surface area contributed by atoms with Crippen LogP contribution in [0.5, 0.6) is 0 Å². The zero-order chi connectivity index (χ0) is 12.8. The van der Waals surface area contributed by atoms with Gasteiger partial charge in [0.25, 0.3) is 0 Å². The number of hydrogen-bond donors (Lipinski definition) is 0. The van der Waals surface area contributed by atoms with E-state index in [1.807, 2.05) is 18.3 Å². The van der Waals surface area contributed by atoms with Crippen LogP contribution in [0.3, 0.4) is 0 Å². The molecule has 0 amide bonds. The van der Waals surface area contributed by atoms with Crippen LogP contribution in [-0.4, -0.2) is 4.98 Å². The molecule has 0 bridgehead atoms. The Morgan fingerprint density at radius 1 is 1.22 bits per heavy atom. The van der Waals surface area contributed by atoms with E-state index in [1.54, 1.807) is 0 Å². The van der Waals surface area contributed by atoms with Crippen molar-refractivity contribution in [2.24, 2.45) is 0 Å². The van der Waals surface area contributed by atoms with E-state index in [1.165, 1.54) is 30.6 Å². The molecule has 2 aromatic heterocycles. The fourth-order valence-corrected chi connectivity index (χ4v) is 2.62. The maximum Gasteiger partial charge on any atom is 0.110 e. The first-order valence-corrected chi connectivity index (χ1v) is 7.10. The first-order valence-electron chi connectivity index (χ1n) is 6.28. The van der Waals surface area contributed by atoms with E-state index >= 15 is 0 Å². The van der Waals surface area contributed by atoms with Crippen LogP contribution in [0.2, 0.25) is 0 Å². The van der Waals surface area contributed by atoms with Gasteiger partial charge in [0.2, 0.25) is 0 Å². The number of nitriles is 1. The van der Waals surface area contributed by atoms with Crippen LogP contribution in [0, 0.1) is 11.3 Å². The number of aromatic nitrogens is 1. The van der Waals surface area contributed by atoms with E-state index in [2.05, 4.69) is 30.1 Å². The Hall–Kier alpha value is -1.66. The molecule has 0 aliphatic heterocycles. The summed E-state index contributed by atoms with van der Waals surface area (Å²) in [6, 6.07) is 10.2. The van der Waals surface area contributed by atoms with Crippen LogP contribution >= 0.6 is 11.3 Å². The molecule has 2 rings (SSSR count). The Kier molecular flexibility index (Phi) is 4.49. The number of nitrogens with zero attached hydrogens (tertiary/aromatic N) is 2. The van der Waals surface area contributed by atoms with Crippen molar-refractivity contribution in [2.45, 2.75) is 32.6 Å². The number of aryl methyl sites for hydroxylation is 1. The van der Waals surface area contributed by atoms with Crippen LogP contribution < -0.4 is 0 Å². The van der Waals surface area contributed by atoms with Gasteiger partial charge in [0.15, 0.2) is 0 Å². The van der Waals surface area contributed by atoms with Gasteiger partial charge in [-0.3, -0.25) is 4.98 Å². The largest absolute Gasteiger partial charge is 0.261 e. The number of thiophene rings is 1. The van der Waals surface area contributed by atoms with Crippen molar-refractivity contribution in [3.05, 3.63) is 41.0 Å². The summed E-state index contributed by atoms with van der Waals surface area (Å²) in [5, 5.41) is 8.81. The van der Waals surface area contributed by atoms with Crippen molar-refractivity contribution >= 4 is 11.3 Å². The van der Waals surface area contributed by atoms with Gasteiger partial charge >= 0.3 is 0 Å². The topological polar surface area (TPSA) is 36.7 Å². The third kappa shape index (κ3) is 3.18. The SMILES string of the molecule is CCCCCc1ccc(-c2ccc(C#N)s2)cn1. The Labute approximate surface area is 112 Å². The summed E-state index contributed by atoms with van der Waals surface area (Å²) >= 11 is 1.51. The smallest absolute Gasteiger partial charge is 0.110 e. The molecule has 0 spiro atoms. The molecule has 0 aliphatic rings. The number of hydrogen-bond acceptors (Lipinski definition) is 3. The highest BCUT2D eigenvalue weighted by molar-refractivity contribution is 7.16. The Balaban J connectivity index is 2.05. The molecule has 0 saturated carbocycles.